The minimum Gasteiger partial charge on any atom is -0.507 e. The zero-order valence-corrected chi connectivity index (χ0v) is 17.2. The number of anilines is 1. The first-order valence-electron chi connectivity index (χ1n) is 8.50. The van der Waals surface area contributed by atoms with Crippen LogP contribution in [0.4, 0.5) is 5.69 Å². The van der Waals surface area contributed by atoms with Crippen molar-refractivity contribution in [2.45, 2.75) is 20.8 Å². The van der Waals surface area contributed by atoms with E-state index in [9.17, 15) is 9.90 Å². The van der Waals surface area contributed by atoms with Gasteiger partial charge in [-0.2, -0.15) is 9.47 Å². The van der Waals surface area contributed by atoms with Crippen LogP contribution in [0.15, 0.2) is 48.9 Å². The van der Waals surface area contributed by atoms with Crippen molar-refractivity contribution in [3.8, 4) is 17.0 Å². The molecule has 3 N–H and O–H groups in total. The molecule has 3 aromatic rings. The van der Waals surface area contributed by atoms with Crippen LogP contribution in [0, 0.1) is 6.92 Å². The monoisotopic (exact) mass is 417 g/mol. The lowest BCUT2D eigenvalue weighted by Crippen LogP contribution is -2.11. The number of carbonyl (C=O) groups is 1. The van der Waals surface area contributed by atoms with Crippen molar-refractivity contribution >= 4 is 34.7 Å². The number of halogens is 1. The number of carbonyl (C=O) groups excluding carboxylic acids is 1. The van der Waals surface area contributed by atoms with Gasteiger partial charge in [0.1, 0.15) is 10.6 Å². The predicted octanol–water partition coefficient (Wildman–Crippen LogP) is 5.00. The molecule has 3 rings (SSSR count). The van der Waals surface area contributed by atoms with E-state index < -0.39 is 5.91 Å². The van der Waals surface area contributed by atoms with Crippen LogP contribution in [0.1, 0.15) is 29.2 Å². The van der Waals surface area contributed by atoms with Gasteiger partial charge in [0, 0.05) is 16.8 Å². The Morgan fingerprint density at radius 3 is 2.82 bits per heavy atom. The maximum Gasteiger partial charge on any atom is 0.268 e. The minimum absolute atomic E-state index is 0.0149. The maximum absolute atomic E-state index is 12.6. The van der Waals surface area contributed by atoms with Crippen molar-refractivity contribution in [1.82, 2.24) is 19.6 Å². The standard InChI is InChI=1S/C17H14ClN5O2S.C2H6/c1-10-3-2-6-19-9-15(26-23-10)17(25)21-13-8-20-22-16(13)12-7-11(18)4-5-14(12)24;1-2/h2-9,24H,1H3,(H,20,22)(H,21,25);1-2H3. The number of rotatable bonds is 3. The van der Waals surface area contributed by atoms with Crippen molar-refractivity contribution in [2.24, 2.45) is 0 Å². The number of benzene rings is 1. The van der Waals surface area contributed by atoms with Crippen LogP contribution in [0.25, 0.3) is 11.3 Å². The molecule has 0 bridgehead atoms. The summed E-state index contributed by atoms with van der Waals surface area (Å²) in [5.41, 5.74) is 2.03. The normalized spacial score (nSPS) is 9.71. The molecule has 0 spiro atoms. The van der Waals surface area contributed by atoms with Crippen LogP contribution in [-0.4, -0.2) is 30.6 Å². The average Bonchev–Trinajstić information content (AvgIpc) is 3.17. The summed E-state index contributed by atoms with van der Waals surface area (Å²) in [6, 6.07) is 8.16. The number of nitrogens with one attached hydrogen (secondary N) is 2. The molecular weight excluding hydrogens is 398 g/mol. The summed E-state index contributed by atoms with van der Waals surface area (Å²) in [5.74, 6) is -0.379. The molecule has 9 heteroatoms. The van der Waals surface area contributed by atoms with E-state index in [4.69, 9.17) is 11.6 Å². The van der Waals surface area contributed by atoms with Gasteiger partial charge in [0.2, 0.25) is 0 Å². The van der Waals surface area contributed by atoms with Crippen LogP contribution in [0.2, 0.25) is 5.02 Å². The van der Waals surface area contributed by atoms with E-state index in [1.807, 2.05) is 20.8 Å². The van der Waals surface area contributed by atoms with Gasteiger partial charge >= 0.3 is 0 Å². The average molecular weight is 418 g/mol. The molecule has 7 nitrogen and oxygen atoms in total. The first kappa shape index (κ1) is 21.3. The van der Waals surface area contributed by atoms with Crippen molar-refractivity contribution in [3.05, 3.63) is 64.5 Å². The maximum atomic E-state index is 12.6. The lowest BCUT2D eigenvalue weighted by Gasteiger charge is -2.07. The Morgan fingerprint density at radius 1 is 1.25 bits per heavy atom. The van der Waals surface area contributed by atoms with Crippen LogP contribution >= 0.6 is 23.1 Å². The van der Waals surface area contributed by atoms with E-state index in [-0.39, 0.29) is 5.75 Å². The van der Waals surface area contributed by atoms with Gasteiger partial charge in [-0.25, -0.2) is 0 Å². The van der Waals surface area contributed by atoms with E-state index in [1.165, 1.54) is 18.5 Å². The summed E-state index contributed by atoms with van der Waals surface area (Å²) in [6.45, 7) is 5.83. The molecule has 28 heavy (non-hydrogen) atoms. The fourth-order valence-corrected chi connectivity index (χ4v) is 2.81. The second kappa shape index (κ2) is 10.4. The molecular formula is C19H20ClN5O2S. The SMILES string of the molecule is CC.Cc1cccncc(C(=O)Nc2cn[nH]c2-c2cc(Cl)ccc2O)sn1. The molecule has 0 fully saturated rings. The molecule has 0 aliphatic heterocycles. The predicted molar refractivity (Wildman–Crippen MR) is 112 cm³/mol. The lowest BCUT2D eigenvalue weighted by molar-refractivity contribution is 0.103. The zero-order chi connectivity index (χ0) is 20.5. The zero-order valence-electron chi connectivity index (χ0n) is 15.6. The summed E-state index contributed by atoms with van der Waals surface area (Å²) in [5, 5.41) is 20.0. The second-order valence-electron chi connectivity index (χ2n) is 5.25. The largest absolute Gasteiger partial charge is 0.507 e. The molecule has 0 saturated carbocycles. The Balaban J connectivity index is 0.00000136. The molecule has 146 valence electrons. The van der Waals surface area contributed by atoms with Gasteiger partial charge < -0.3 is 10.4 Å². The number of amides is 1. The fraction of sp³-hybridized carbons (Fsp3) is 0.158. The van der Waals surface area contributed by atoms with Crippen LogP contribution in [0.5, 0.6) is 5.75 Å². The number of aromatic nitrogens is 4. The van der Waals surface area contributed by atoms with Crippen LogP contribution in [0.3, 0.4) is 0 Å². The molecule has 1 aromatic carbocycles. The highest BCUT2D eigenvalue weighted by molar-refractivity contribution is 7.07. The fourth-order valence-electron chi connectivity index (χ4n) is 2.10. The number of aryl methyl sites for hydroxylation is 1. The Labute approximate surface area is 171 Å². The van der Waals surface area contributed by atoms with Gasteiger partial charge in [-0.15, -0.1) is 0 Å². The minimum atomic E-state index is -0.394. The molecule has 0 radical (unpaired) electrons. The van der Waals surface area contributed by atoms with Gasteiger partial charge in [-0.1, -0.05) is 25.4 Å². The number of phenolic OH excluding ortho intramolecular Hbond substituents is 1. The topological polar surface area (TPSA) is 104 Å². The molecule has 2 heterocycles. The third kappa shape index (κ3) is 5.51. The van der Waals surface area contributed by atoms with Gasteiger partial charge in [-0.05, 0) is 48.8 Å². The highest BCUT2D eigenvalue weighted by Gasteiger charge is 2.16. The number of hydrogen-bond acceptors (Lipinski definition) is 6. The Hall–Kier alpha value is -2.97. The molecule has 2 aromatic heterocycles. The van der Waals surface area contributed by atoms with Crippen LogP contribution < -0.4 is 5.32 Å². The summed E-state index contributed by atoms with van der Waals surface area (Å²) in [7, 11) is 0. The van der Waals surface area contributed by atoms with Gasteiger partial charge in [0.25, 0.3) is 5.91 Å². The molecule has 0 unspecified atom stereocenters. The van der Waals surface area contributed by atoms with Crippen molar-refractivity contribution < 1.29 is 9.90 Å². The summed E-state index contributed by atoms with van der Waals surface area (Å²) in [6.07, 6.45) is 4.46. The number of phenols is 1. The summed E-state index contributed by atoms with van der Waals surface area (Å²) in [4.78, 5) is 17.0. The highest BCUT2D eigenvalue weighted by Crippen LogP contribution is 2.34. The van der Waals surface area contributed by atoms with E-state index in [2.05, 4.69) is 24.9 Å². The molecule has 0 saturated heterocycles. The van der Waals surface area contributed by atoms with E-state index >= 15 is 0 Å². The van der Waals surface area contributed by atoms with Crippen molar-refractivity contribution in [3.63, 3.8) is 0 Å². The van der Waals surface area contributed by atoms with E-state index in [1.54, 1.807) is 30.5 Å². The quantitative estimate of drug-likeness (QED) is 0.556. The van der Waals surface area contributed by atoms with E-state index in [0.717, 1.165) is 17.2 Å². The van der Waals surface area contributed by atoms with Gasteiger partial charge in [-0.3, -0.25) is 14.9 Å². The first-order chi connectivity index (χ1) is 13.5. The number of aromatic hydroxyl groups is 1. The molecule has 0 aliphatic carbocycles. The highest BCUT2D eigenvalue weighted by atomic mass is 35.5. The number of nitrogens with zero attached hydrogens (tertiary/aromatic N) is 3. The molecule has 0 atom stereocenters. The first-order valence-corrected chi connectivity index (χ1v) is 9.65. The third-order valence-corrected chi connectivity index (χ3v) is 4.43. The van der Waals surface area contributed by atoms with Gasteiger partial charge in [0.05, 0.1) is 29.5 Å². The van der Waals surface area contributed by atoms with Crippen LogP contribution in [-0.2, 0) is 0 Å². The second-order valence-corrected chi connectivity index (χ2v) is 6.49. The molecule has 1 amide bonds. The lowest BCUT2D eigenvalue weighted by atomic mass is 10.1. The van der Waals surface area contributed by atoms with Crippen molar-refractivity contribution in [1.29, 1.82) is 0 Å². The molecule has 0 aliphatic rings. The number of hydrogen-bond donors (Lipinski definition) is 3. The van der Waals surface area contributed by atoms with Crippen molar-refractivity contribution in [2.75, 3.05) is 5.32 Å². The number of H-pyrrole nitrogens is 1. The third-order valence-electron chi connectivity index (χ3n) is 3.33. The summed E-state index contributed by atoms with van der Waals surface area (Å²) >= 11 is 7.02. The van der Waals surface area contributed by atoms with E-state index in [0.29, 0.717) is 26.8 Å². The Bertz CT molecular complexity index is 1000. The number of aromatic amines is 1. The Morgan fingerprint density at radius 2 is 2.04 bits per heavy atom. The summed E-state index contributed by atoms with van der Waals surface area (Å²) < 4.78 is 4.24. The van der Waals surface area contributed by atoms with Gasteiger partial charge in [0.15, 0.2) is 0 Å². The Kier molecular flexibility index (Phi) is 7.91. The smallest absolute Gasteiger partial charge is 0.268 e.